The van der Waals surface area contributed by atoms with Gasteiger partial charge in [0, 0.05) is 19.0 Å². The van der Waals surface area contributed by atoms with Gasteiger partial charge >= 0.3 is 12.1 Å². The van der Waals surface area contributed by atoms with Crippen LogP contribution < -0.4 is 5.32 Å². The van der Waals surface area contributed by atoms with Gasteiger partial charge in [0.1, 0.15) is 6.61 Å². The Morgan fingerprint density at radius 1 is 1.00 bits per heavy atom. The lowest BCUT2D eigenvalue weighted by Gasteiger charge is -2.42. The lowest BCUT2D eigenvalue weighted by atomic mass is 9.73. The van der Waals surface area contributed by atoms with Crippen LogP contribution in [0.25, 0.3) is 11.1 Å². The summed E-state index contributed by atoms with van der Waals surface area (Å²) < 4.78 is 5.67. The van der Waals surface area contributed by atoms with Gasteiger partial charge in [0.15, 0.2) is 0 Å². The van der Waals surface area contributed by atoms with Gasteiger partial charge in [-0.1, -0.05) is 48.5 Å². The van der Waals surface area contributed by atoms with Crippen molar-refractivity contribution in [2.45, 2.75) is 45.6 Å². The predicted molar refractivity (Wildman–Crippen MR) is 128 cm³/mol. The standard InChI is InChI=1S/C27H32N2O5/c1-26(2,24(32)29-14-13-17(15-29)23(30)31)27(3,4)28-25(33)34-16-22-20-11-7-5-9-18(20)19-10-6-8-12-21(19)22/h5-12,17,22H,13-16H2,1-4H3,(H,28,33)(H,30,31). The molecule has 0 aromatic heterocycles. The van der Waals surface area contributed by atoms with Crippen LogP contribution in [-0.2, 0) is 14.3 Å². The Hall–Kier alpha value is -3.35. The lowest BCUT2D eigenvalue weighted by Crippen LogP contribution is -2.60. The second-order valence-electron chi connectivity index (χ2n) is 10.3. The van der Waals surface area contributed by atoms with Crippen LogP contribution in [0.2, 0.25) is 0 Å². The SMILES string of the molecule is CC(C)(NC(=O)OCC1c2ccccc2-c2ccccc21)C(C)(C)C(=O)N1CCC(C(=O)O)C1. The monoisotopic (exact) mass is 464 g/mol. The fourth-order valence-corrected chi connectivity index (χ4v) is 4.85. The molecule has 7 heteroatoms. The molecule has 2 aromatic carbocycles. The molecule has 0 radical (unpaired) electrons. The van der Waals surface area contributed by atoms with Gasteiger partial charge in [-0.25, -0.2) is 4.79 Å². The Morgan fingerprint density at radius 2 is 1.56 bits per heavy atom. The number of fused-ring (bicyclic) bond motifs is 3. The number of carboxylic acid groups (broad SMARTS) is 1. The Labute approximate surface area is 200 Å². The molecule has 4 rings (SSSR count). The molecule has 2 aromatic rings. The summed E-state index contributed by atoms with van der Waals surface area (Å²) in [5.41, 5.74) is 2.69. The van der Waals surface area contributed by atoms with E-state index in [1.807, 2.05) is 24.3 Å². The second kappa shape index (κ2) is 8.78. The number of benzene rings is 2. The molecular weight excluding hydrogens is 432 g/mol. The van der Waals surface area contributed by atoms with Crippen molar-refractivity contribution in [1.29, 1.82) is 0 Å². The molecule has 1 heterocycles. The second-order valence-corrected chi connectivity index (χ2v) is 10.3. The maximum atomic E-state index is 13.2. The average Bonchev–Trinajstić information content (AvgIpc) is 3.40. The van der Waals surface area contributed by atoms with Gasteiger partial charge in [-0.15, -0.1) is 0 Å². The highest BCUT2D eigenvalue weighted by Crippen LogP contribution is 2.44. The van der Waals surface area contributed by atoms with Gasteiger partial charge < -0.3 is 20.1 Å². The van der Waals surface area contributed by atoms with Crippen molar-refractivity contribution < 1.29 is 24.2 Å². The van der Waals surface area contributed by atoms with E-state index in [1.165, 1.54) is 0 Å². The summed E-state index contributed by atoms with van der Waals surface area (Å²) in [4.78, 5) is 38.9. The third kappa shape index (κ3) is 4.15. The average molecular weight is 465 g/mol. The molecule has 34 heavy (non-hydrogen) atoms. The summed E-state index contributed by atoms with van der Waals surface area (Å²) in [5, 5.41) is 12.1. The summed E-state index contributed by atoms with van der Waals surface area (Å²) in [6.45, 7) is 7.91. The highest BCUT2D eigenvalue weighted by molar-refractivity contribution is 5.86. The third-order valence-corrected chi connectivity index (χ3v) is 7.68. The van der Waals surface area contributed by atoms with E-state index < -0.39 is 28.9 Å². The van der Waals surface area contributed by atoms with Gasteiger partial charge in [0.05, 0.1) is 16.9 Å². The molecule has 1 aliphatic heterocycles. The quantitative estimate of drug-likeness (QED) is 0.666. The van der Waals surface area contributed by atoms with Crippen molar-refractivity contribution in [3.05, 3.63) is 59.7 Å². The number of alkyl carbamates (subject to hydrolysis) is 1. The summed E-state index contributed by atoms with van der Waals surface area (Å²) >= 11 is 0. The van der Waals surface area contributed by atoms with Crippen LogP contribution in [-0.4, -0.2) is 53.2 Å². The molecule has 2 aliphatic rings. The van der Waals surface area contributed by atoms with Gasteiger partial charge in [0.25, 0.3) is 0 Å². The van der Waals surface area contributed by atoms with Crippen LogP contribution >= 0.6 is 0 Å². The number of likely N-dealkylation sites (tertiary alicyclic amines) is 1. The fraction of sp³-hybridized carbons (Fsp3) is 0.444. The maximum Gasteiger partial charge on any atom is 0.407 e. The Morgan fingerprint density at radius 3 is 2.09 bits per heavy atom. The number of carbonyl (C=O) groups is 3. The molecule has 1 fully saturated rings. The maximum absolute atomic E-state index is 13.2. The van der Waals surface area contributed by atoms with Crippen LogP contribution in [0.5, 0.6) is 0 Å². The molecule has 1 aliphatic carbocycles. The van der Waals surface area contributed by atoms with Gasteiger partial charge in [0.2, 0.25) is 5.91 Å². The molecule has 180 valence electrons. The van der Waals surface area contributed by atoms with E-state index in [9.17, 15) is 19.5 Å². The van der Waals surface area contributed by atoms with E-state index in [1.54, 1.807) is 32.6 Å². The summed E-state index contributed by atoms with van der Waals surface area (Å²) in [5.74, 6) is -1.66. The molecule has 1 saturated heterocycles. The van der Waals surface area contributed by atoms with Gasteiger partial charge in [-0.3, -0.25) is 9.59 Å². The van der Waals surface area contributed by atoms with E-state index in [0.29, 0.717) is 13.0 Å². The zero-order chi connectivity index (χ0) is 24.7. The molecule has 0 saturated carbocycles. The summed E-state index contributed by atoms with van der Waals surface area (Å²) in [6, 6.07) is 16.3. The molecular formula is C27H32N2O5. The van der Waals surface area contributed by atoms with Crippen molar-refractivity contribution in [1.82, 2.24) is 10.2 Å². The molecule has 2 N–H and O–H groups in total. The van der Waals surface area contributed by atoms with Crippen LogP contribution in [0.15, 0.2) is 48.5 Å². The molecule has 0 bridgehead atoms. The zero-order valence-electron chi connectivity index (χ0n) is 20.1. The summed E-state index contributed by atoms with van der Waals surface area (Å²) in [7, 11) is 0. The first-order valence-electron chi connectivity index (χ1n) is 11.7. The fourth-order valence-electron chi connectivity index (χ4n) is 4.85. The minimum Gasteiger partial charge on any atom is -0.481 e. The van der Waals surface area contributed by atoms with E-state index in [0.717, 1.165) is 22.3 Å². The van der Waals surface area contributed by atoms with Gasteiger partial charge in [-0.05, 0) is 56.4 Å². The number of amides is 2. The topological polar surface area (TPSA) is 95.9 Å². The number of nitrogens with zero attached hydrogens (tertiary/aromatic N) is 1. The number of nitrogens with one attached hydrogen (secondary N) is 1. The summed E-state index contributed by atoms with van der Waals surface area (Å²) in [6.07, 6.45) is -0.144. The zero-order valence-corrected chi connectivity index (χ0v) is 20.1. The molecule has 7 nitrogen and oxygen atoms in total. The lowest BCUT2D eigenvalue weighted by molar-refractivity contribution is -0.144. The predicted octanol–water partition coefficient (Wildman–Crippen LogP) is 4.26. The number of aliphatic carboxylic acids is 1. The number of hydrogen-bond donors (Lipinski definition) is 2. The highest BCUT2D eigenvalue weighted by atomic mass is 16.5. The first-order chi connectivity index (χ1) is 16.0. The number of ether oxygens (including phenoxy) is 1. The van der Waals surface area contributed by atoms with Crippen LogP contribution in [0, 0.1) is 11.3 Å². The minimum atomic E-state index is -0.966. The number of hydrogen-bond acceptors (Lipinski definition) is 4. The Kier molecular flexibility index (Phi) is 6.14. The van der Waals surface area contributed by atoms with Crippen molar-refractivity contribution in [2.75, 3.05) is 19.7 Å². The Balaban J connectivity index is 1.41. The molecule has 1 unspecified atom stereocenters. The Bertz CT molecular complexity index is 1080. The first kappa shape index (κ1) is 23.8. The number of carboxylic acids is 1. The number of rotatable bonds is 6. The van der Waals surface area contributed by atoms with E-state index in [4.69, 9.17) is 4.74 Å². The van der Waals surface area contributed by atoms with Crippen molar-refractivity contribution >= 4 is 18.0 Å². The van der Waals surface area contributed by atoms with Crippen LogP contribution in [0.1, 0.15) is 51.2 Å². The van der Waals surface area contributed by atoms with Crippen molar-refractivity contribution in [3.8, 4) is 11.1 Å². The van der Waals surface area contributed by atoms with E-state index >= 15 is 0 Å². The molecule has 0 spiro atoms. The van der Waals surface area contributed by atoms with Crippen LogP contribution in [0.4, 0.5) is 4.79 Å². The largest absolute Gasteiger partial charge is 0.481 e. The first-order valence-corrected chi connectivity index (χ1v) is 11.7. The normalized spacial score (nSPS) is 17.8. The van der Waals surface area contributed by atoms with Crippen molar-refractivity contribution in [3.63, 3.8) is 0 Å². The smallest absolute Gasteiger partial charge is 0.407 e. The third-order valence-electron chi connectivity index (χ3n) is 7.68. The van der Waals surface area contributed by atoms with Crippen molar-refractivity contribution in [2.24, 2.45) is 11.3 Å². The van der Waals surface area contributed by atoms with E-state index in [2.05, 4.69) is 29.6 Å². The van der Waals surface area contributed by atoms with E-state index in [-0.39, 0.29) is 25.0 Å². The molecule has 2 amide bonds. The molecule has 1 atom stereocenters. The number of carbonyl (C=O) groups excluding carboxylic acids is 2. The van der Waals surface area contributed by atoms with Crippen LogP contribution in [0.3, 0.4) is 0 Å². The van der Waals surface area contributed by atoms with Gasteiger partial charge in [-0.2, -0.15) is 0 Å². The minimum absolute atomic E-state index is 0.0477. The highest BCUT2D eigenvalue weighted by Gasteiger charge is 2.48.